The van der Waals surface area contributed by atoms with Gasteiger partial charge in [0, 0.05) is 17.5 Å². The van der Waals surface area contributed by atoms with Crippen molar-refractivity contribution in [2.45, 2.75) is 39.7 Å². The molecular weight excluding hydrogens is 182 g/mol. The molecule has 0 spiro atoms. The Balaban J connectivity index is 2.49. The number of nitrogens with zero attached hydrogens (tertiary/aromatic N) is 1. The molecule has 0 radical (unpaired) electrons. The molecule has 0 amide bonds. The molecule has 13 heavy (non-hydrogen) atoms. The van der Waals surface area contributed by atoms with Gasteiger partial charge in [0.25, 0.3) is 0 Å². The van der Waals surface area contributed by atoms with E-state index in [4.69, 9.17) is 0 Å². The van der Waals surface area contributed by atoms with Crippen LogP contribution in [0, 0.1) is 12.8 Å². The fourth-order valence-corrected chi connectivity index (χ4v) is 1.97. The Kier molecular flexibility index (Phi) is 3.88. The number of aromatic nitrogens is 1. The van der Waals surface area contributed by atoms with Gasteiger partial charge in [0.2, 0.25) is 0 Å². The van der Waals surface area contributed by atoms with Crippen LogP contribution in [-0.2, 0) is 6.42 Å². The van der Waals surface area contributed by atoms with E-state index in [1.807, 2.05) is 12.3 Å². The minimum atomic E-state index is -0.240. The van der Waals surface area contributed by atoms with Crippen molar-refractivity contribution in [2.75, 3.05) is 0 Å². The summed E-state index contributed by atoms with van der Waals surface area (Å²) in [5.41, 5.74) is 1.05. The maximum atomic E-state index is 9.75. The first kappa shape index (κ1) is 10.7. The van der Waals surface area contributed by atoms with Gasteiger partial charge >= 0.3 is 0 Å². The third-order valence-corrected chi connectivity index (χ3v) is 3.34. The van der Waals surface area contributed by atoms with Gasteiger partial charge < -0.3 is 5.11 Å². The van der Waals surface area contributed by atoms with Crippen molar-refractivity contribution >= 4 is 11.3 Å². The highest BCUT2D eigenvalue weighted by Crippen LogP contribution is 2.16. The van der Waals surface area contributed by atoms with E-state index in [-0.39, 0.29) is 6.10 Å². The average molecular weight is 199 g/mol. The minimum Gasteiger partial charge on any atom is -0.392 e. The molecular formula is C10H17NOS. The van der Waals surface area contributed by atoms with Crippen LogP contribution >= 0.6 is 11.3 Å². The van der Waals surface area contributed by atoms with Crippen LogP contribution in [0.3, 0.4) is 0 Å². The van der Waals surface area contributed by atoms with Crippen molar-refractivity contribution in [1.82, 2.24) is 4.98 Å². The van der Waals surface area contributed by atoms with Crippen LogP contribution in [0.4, 0.5) is 0 Å². The quantitative estimate of drug-likeness (QED) is 0.807. The lowest BCUT2D eigenvalue weighted by Crippen LogP contribution is -2.19. The van der Waals surface area contributed by atoms with Crippen LogP contribution in [0.5, 0.6) is 0 Å². The minimum absolute atomic E-state index is 0.240. The maximum Gasteiger partial charge on any atom is 0.0954 e. The summed E-state index contributed by atoms with van der Waals surface area (Å²) in [6.45, 7) is 6.15. The number of thiazole rings is 1. The third-order valence-electron chi connectivity index (χ3n) is 2.35. The molecule has 2 atom stereocenters. The molecule has 1 aromatic rings. The molecule has 74 valence electrons. The zero-order valence-electron chi connectivity index (χ0n) is 8.45. The summed E-state index contributed by atoms with van der Waals surface area (Å²) in [5, 5.41) is 12.8. The molecule has 2 unspecified atom stereocenters. The lowest BCUT2D eigenvalue weighted by Gasteiger charge is -2.15. The maximum absolute atomic E-state index is 9.75. The van der Waals surface area contributed by atoms with Gasteiger partial charge in [-0.1, -0.05) is 20.3 Å². The van der Waals surface area contributed by atoms with Gasteiger partial charge in [-0.2, -0.15) is 0 Å². The summed E-state index contributed by atoms with van der Waals surface area (Å²) < 4.78 is 0. The van der Waals surface area contributed by atoms with E-state index < -0.39 is 0 Å². The highest BCUT2D eigenvalue weighted by Gasteiger charge is 2.14. The zero-order chi connectivity index (χ0) is 9.84. The Hall–Kier alpha value is -0.410. The van der Waals surface area contributed by atoms with E-state index in [9.17, 15) is 5.11 Å². The van der Waals surface area contributed by atoms with Crippen molar-refractivity contribution in [3.63, 3.8) is 0 Å². The molecule has 0 aliphatic heterocycles. The molecule has 1 rings (SSSR count). The van der Waals surface area contributed by atoms with Crippen LogP contribution in [0.25, 0.3) is 0 Å². The van der Waals surface area contributed by atoms with E-state index in [2.05, 4.69) is 18.8 Å². The normalized spacial score (nSPS) is 15.7. The second kappa shape index (κ2) is 4.72. The predicted octanol–water partition coefficient (Wildman–Crippen LogP) is 2.40. The standard InChI is InChI=1S/C10H17NOS/c1-4-7(2)9(12)5-10-11-8(3)6-13-10/h6-7,9,12H,4-5H2,1-3H3. The van der Waals surface area contributed by atoms with Crippen molar-refractivity contribution < 1.29 is 5.11 Å². The summed E-state index contributed by atoms with van der Waals surface area (Å²) >= 11 is 1.63. The van der Waals surface area contributed by atoms with Gasteiger partial charge in [-0.3, -0.25) is 0 Å². The van der Waals surface area contributed by atoms with Gasteiger partial charge in [0.1, 0.15) is 0 Å². The summed E-state index contributed by atoms with van der Waals surface area (Å²) in [6, 6.07) is 0. The number of hydrogen-bond acceptors (Lipinski definition) is 3. The van der Waals surface area contributed by atoms with E-state index in [1.165, 1.54) is 0 Å². The number of aliphatic hydroxyl groups is 1. The molecule has 0 aliphatic rings. The zero-order valence-corrected chi connectivity index (χ0v) is 9.27. The Bertz CT molecular complexity index is 259. The predicted molar refractivity (Wildman–Crippen MR) is 56.0 cm³/mol. The number of aryl methyl sites for hydroxylation is 1. The molecule has 0 saturated carbocycles. The number of aliphatic hydroxyl groups excluding tert-OH is 1. The van der Waals surface area contributed by atoms with Gasteiger partial charge in [-0.05, 0) is 12.8 Å². The Morgan fingerprint density at radius 3 is 2.77 bits per heavy atom. The molecule has 2 nitrogen and oxygen atoms in total. The second-order valence-corrected chi connectivity index (χ2v) is 4.48. The molecule has 0 saturated heterocycles. The third kappa shape index (κ3) is 3.08. The molecule has 1 N–H and O–H groups in total. The summed E-state index contributed by atoms with van der Waals surface area (Å²) in [6.07, 6.45) is 1.48. The largest absolute Gasteiger partial charge is 0.392 e. The summed E-state index contributed by atoms with van der Waals surface area (Å²) in [7, 11) is 0. The Morgan fingerprint density at radius 1 is 1.62 bits per heavy atom. The SMILES string of the molecule is CCC(C)C(O)Cc1nc(C)cs1. The van der Waals surface area contributed by atoms with Crippen molar-refractivity contribution in [3.8, 4) is 0 Å². The smallest absolute Gasteiger partial charge is 0.0954 e. The van der Waals surface area contributed by atoms with E-state index >= 15 is 0 Å². The van der Waals surface area contributed by atoms with E-state index in [1.54, 1.807) is 11.3 Å². The van der Waals surface area contributed by atoms with E-state index in [0.717, 1.165) is 17.1 Å². The van der Waals surface area contributed by atoms with Crippen LogP contribution < -0.4 is 0 Å². The highest BCUT2D eigenvalue weighted by molar-refractivity contribution is 7.09. The highest BCUT2D eigenvalue weighted by atomic mass is 32.1. The lowest BCUT2D eigenvalue weighted by atomic mass is 10.00. The Morgan fingerprint density at radius 2 is 2.31 bits per heavy atom. The second-order valence-electron chi connectivity index (χ2n) is 3.54. The van der Waals surface area contributed by atoms with Gasteiger partial charge in [-0.25, -0.2) is 4.98 Å². The molecule has 0 aromatic carbocycles. The van der Waals surface area contributed by atoms with Crippen molar-refractivity contribution in [3.05, 3.63) is 16.1 Å². The van der Waals surface area contributed by atoms with Crippen molar-refractivity contribution in [2.24, 2.45) is 5.92 Å². The Labute approximate surface area is 83.6 Å². The first-order valence-electron chi connectivity index (χ1n) is 4.72. The van der Waals surface area contributed by atoms with Crippen LogP contribution in [0.15, 0.2) is 5.38 Å². The van der Waals surface area contributed by atoms with Crippen LogP contribution in [0.1, 0.15) is 31.0 Å². The van der Waals surface area contributed by atoms with Crippen molar-refractivity contribution in [1.29, 1.82) is 0 Å². The number of rotatable bonds is 4. The number of hydrogen-bond donors (Lipinski definition) is 1. The van der Waals surface area contributed by atoms with Gasteiger partial charge in [0.15, 0.2) is 0 Å². The summed E-state index contributed by atoms with van der Waals surface area (Å²) in [4.78, 5) is 4.33. The first-order valence-corrected chi connectivity index (χ1v) is 5.60. The van der Waals surface area contributed by atoms with Gasteiger partial charge in [-0.15, -0.1) is 11.3 Å². The molecule has 1 aromatic heterocycles. The molecule has 0 aliphatic carbocycles. The summed E-state index contributed by atoms with van der Waals surface area (Å²) in [5.74, 6) is 0.365. The van der Waals surface area contributed by atoms with E-state index in [0.29, 0.717) is 12.3 Å². The topological polar surface area (TPSA) is 33.1 Å². The monoisotopic (exact) mass is 199 g/mol. The van der Waals surface area contributed by atoms with Crippen LogP contribution in [0.2, 0.25) is 0 Å². The molecule has 3 heteroatoms. The molecule has 0 fully saturated rings. The van der Waals surface area contributed by atoms with Crippen LogP contribution in [-0.4, -0.2) is 16.2 Å². The fraction of sp³-hybridized carbons (Fsp3) is 0.700. The lowest BCUT2D eigenvalue weighted by molar-refractivity contribution is 0.114. The molecule has 0 bridgehead atoms. The first-order chi connectivity index (χ1) is 6.13. The average Bonchev–Trinajstić information content (AvgIpc) is 2.49. The molecule has 1 heterocycles. The van der Waals surface area contributed by atoms with Gasteiger partial charge in [0.05, 0.1) is 11.1 Å². The fourth-order valence-electron chi connectivity index (χ4n) is 1.15.